The van der Waals surface area contributed by atoms with Crippen molar-refractivity contribution in [1.29, 1.82) is 0 Å². The standard InChI is InChI=1S/C30H34N6O6/c31-28(39)26(5-6-27(37)38)36-17-21-14-22(2-3-24(21)29(36)40)42-23-7-8-34(18-23)16-19-1-4-25-20(13-19)15-32-30(33-25)35-9-11-41-12-10-35/h1-4,13-15,23,26H,5-12,16-18H2,(H2,31,39)(H,37,38)/t23-,26-/m0/s1. The van der Waals surface area contributed by atoms with E-state index in [0.717, 1.165) is 61.6 Å². The summed E-state index contributed by atoms with van der Waals surface area (Å²) in [6.07, 6.45) is 2.50. The Morgan fingerprint density at radius 2 is 1.98 bits per heavy atom. The molecule has 2 saturated heterocycles. The molecule has 0 saturated carbocycles. The second-order valence-corrected chi connectivity index (χ2v) is 11.0. The number of aromatic nitrogens is 2. The van der Waals surface area contributed by atoms with Crippen molar-refractivity contribution in [3.63, 3.8) is 0 Å². The molecular formula is C30H34N6O6. The van der Waals surface area contributed by atoms with Gasteiger partial charge in [0.05, 0.1) is 18.7 Å². The van der Waals surface area contributed by atoms with Gasteiger partial charge in [-0.25, -0.2) is 9.97 Å². The number of hydrogen-bond acceptors (Lipinski definition) is 9. The Morgan fingerprint density at radius 1 is 1.14 bits per heavy atom. The highest BCUT2D eigenvalue weighted by Crippen LogP contribution is 2.31. The van der Waals surface area contributed by atoms with Gasteiger partial charge in [0.1, 0.15) is 17.9 Å². The van der Waals surface area contributed by atoms with Gasteiger partial charge in [0.2, 0.25) is 11.9 Å². The second kappa shape index (κ2) is 11.9. The van der Waals surface area contributed by atoms with Crippen LogP contribution in [0, 0.1) is 0 Å². The summed E-state index contributed by atoms with van der Waals surface area (Å²) >= 11 is 0. The summed E-state index contributed by atoms with van der Waals surface area (Å²) in [5, 5.41) is 10.0. The zero-order chi connectivity index (χ0) is 29.2. The maximum atomic E-state index is 12.9. The van der Waals surface area contributed by atoms with E-state index in [4.69, 9.17) is 25.3 Å². The number of carboxylic acids is 1. The summed E-state index contributed by atoms with van der Waals surface area (Å²) in [5.41, 5.74) is 8.84. The number of carbonyl (C=O) groups is 3. The van der Waals surface area contributed by atoms with Crippen LogP contribution < -0.4 is 15.4 Å². The molecule has 12 nitrogen and oxygen atoms in total. The first-order chi connectivity index (χ1) is 20.3. The molecule has 0 aliphatic carbocycles. The smallest absolute Gasteiger partial charge is 0.303 e. The Morgan fingerprint density at radius 3 is 2.76 bits per heavy atom. The average molecular weight is 575 g/mol. The van der Waals surface area contributed by atoms with Crippen molar-refractivity contribution < 1.29 is 29.0 Å². The Balaban J connectivity index is 1.05. The molecule has 0 spiro atoms. The molecule has 0 radical (unpaired) electrons. The van der Waals surface area contributed by atoms with Crippen LogP contribution in [0.25, 0.3) is 10.9 Å². The van der Waals surface area contributed by atoms with E-state index in [1.54, 1.807) is 12.1 Å². The third kappa shape index (κ3) is 6.00. The van der Waals surface area contributed by atoms with E-state index in [1.165, 1.54) is 10.5 Å². The first-order valence-corrected chi connectivity index (χ1v) is 14.3. The molecule has 2 aromatic carbocycles. The van der Waals surface area contributed by atoms with Crippen molar-refractivity contribution in [2.24, 2.45) is 5.73 Å². The highest BCUT2D eigenvalue weighted by Gasteiger charge is 2.36. The lowest BCUT2D eigenvalue weighted by atomic mass is 10.1. The van der Waals surface area contributed by atoms with Crippen LogP contribution in [-0.4, -0.2) is 94.2 Å². The van der Waals surface area contributed by atoms with E-state index in [0.29, 0.717) is 24.5 Å². The number of carbonyl (C=O) groups excluding carboxylic acids is 2. The number of anilines is 1. The van der Waals surface area contributed by atoms with Gasteiger partial charge in [0, 0.05) is 62.8 Å². The topological polar surface area (TPSA) is 151 Å². The van der Waals surface area contributed by atoms with E-state index in [2.05, 4.69) is 33.0 Å². The van der Waals surface area contributed by atoms with Crippen LogP contribution in [0.5, 0.6) is 5.75 Å². The van der Waals surface area contributed by atoms with Gasteiger partial charge >= 0.3 is 5.97 Å². The van der Waals surface area contributed by atoms with Gasteiger partial charge in [-0.15, -0.1) is 0 Å². The van der Waals surface area contributed by atoms with Gasteiger partial charge < -0.3 is 30.1 Å². The number of fused-ring (bicyclic) bond motifs is 2. The Bertz CT molecular complexity index is 1510. The molecule has 3 aliphatic rings. The molecule has 3 aliphatic heterocycles. The summed E-state index contributed by atoms with van der Waals surface area (Å²) in [6.45, 7) is 5.64. The number of benzene rings is 2. The molecule has 3 N–H and O–H groups in total. The van der Waals surface area contributed by atoms with E-state index in [9.17, 15) is 14.4 Å². The summed E-state index contributed by atoms with van der Waals surface area (Å²) in [7, 11) is 0. The number of hydrogen-bond donors (Lipinski definition) is 2. The number of aliphatic carboxylic acids is 1. The average Bonchev–Trinajstić information content (AvgIpc) is 3.56. The first-order valence-electron chi connectivity index (χ1n) is 14.3. The predicted molar refractivity (Wildman–Crippen MR) is 153 cm³/mol. The lowest BCUT2D eigenvalue weighted by molar-refractivity contribution is -0.137. The lowest BCUT2D eigenvalue weighted by Crippen LogP contribution is -2.45. The van der Waals surface area contributed by atoms with Crippen LogP contribution in [0.4, 0.5) is 5.95 Å². The van der Waals surface area contributed by atoms with Gasteiger partial charge in [-0.3, -0.25) is 19.3 Å². The molecule has 42 heavy (non-hydrogen) atoms. The third-order valence-electron chi connectivity index (χ3n) is 8.11. The molecule has 2 fully saturated rings. The Kier molecular flexibility index (Phi) is 7.90. The fourth-order valence-electron chi connectivity index (χ4n) is 5.93. The van der Waals surface area contributed by atoms with Gasteiger partial charge in [-0.1, -0.05) is 6.07 Å². The first kappa shape index (κ1) is 27.9. The number of carboxylic acid groups (broad SMARTS) is 1. The SMILES string of the molecule is NC(=O)[C@H](CCC(=O)O)N1Cc2cc(O[C@H]3CCN(Cc4ccc5nc(N6CCOCC6)ncc5c4)C3)ccc2C1=O. The number of nitrogens with zero attached hydrogens (tertiary/aromatic N) is 5. The molecule has 0 unspecified atom stereocenters. The van der Waals surface area contributed by atoms with Crippen molar-refractivity contribution in [3.8, 4) is 5.75 Å². The van der Waals surface area contributed by atoms with E-state index in [-0.39, 0.29) is 31.4 Å². The summed E-state index contributed by atoms with van der Waals surface area (Å²) in [4.78, 5) is 51.1. The highest BCUT2D eigenvalue weighted by atomic mass is 16.5. The predicted octanol–water partition coefficient (Wildman–Crippen LogP) is 1.79. The molecule has 220 valence electrons. The van der Waals surface area contributed by atoms with E-state index in [1.807, 2.05) is 12.3 Å². The number of likely N-dealkylation sites (tertiary alicyclic amines) is 1. The third-order valence-corrected chi connectivity index (χ3v) is 8.11. The number of ether oxygens (including phenoxy) is 2. The minimum atomic E-state index is -1.04. The Labute approximate surface area is 243 Å². The van der Waals surface area contributed by atoms with Crippen LogP contribution in [0.1, 0.15) is 40.7 Å². The van der Waals surface area contributed by atoms with Gasteiger partial charge in [0.15, 0.2) is 0 Å². The van der Waals surface area contributed by atoms with Gasteiger partial charge in [-0.05, 0) is 54.3 Å². The van der Waals surface area contributed by atoms with Gasteiger partial charge in [0.25, 0.3) is 5.91 Å². The van der Waals surface area contributed by atoms with Crippen LogP contribution in [-0.2, 0) is 27.4 Å². The minimum Gasteiger partial charge on any atom is -0.489 e. The molecule has 6 rings (SSSR count). The molecule has 2 amide bonds. The lowest BCUT2D eigenvalue weighted by Gasteiger charge is -2.26. The molecule has 0 bridgehead atoms. The maximum Gasteiger partial charge on any atom is 0.303 e. The quantitative estimate of drug-likeness (QED) is 0.367. The molecule has 2 atom stereocenters. The number of nitrogens with two attached hydrogens (primary N) is 1. The maximum absolute atomic E-state index is 12.9. The summed E-state index contributed by atoms with van der Waals surface area (Å²) in [5.74, 6) is -0.671. The van der Waals surface area contributed by atoms with E-state index >= 15 is 0 Å². The number of amides is 2. The van der Waals surface area contributed by atoms with Crippen LogP contribution in [0.3, 0.4) is 0 Å². The number of morpholine rings is 1. The van der Waals surface area contributed by atoms with Gasteiger partial charge in [-0.2, -0.15) is 0 Å². The summed E-state index contributed by atoms with van der Waals surface area (Å²) < 4.78 is 11.7. The molecule has 1 aromatic heterocycles. The van der Waals surface area contributed by atoms with Crippen LogP contribution in [0.2, 0.25) is 0 Å². The fourth-order valence-corrected chi connectivity index (χ4v) is 5.93. The van der Waals surface area contributed by atoms with Crippen molar-refractivity contribution in [3.05, 3.63) is 59.3 Å². The number of rotatable bonds is 10. The van der Waals surface area contributed by atoms with Crippen molar-refractivity contribution in [1.82, 2.24) is 19.8 Å². The monoisotopic (exact) mass is 574 g/mol. The van der Waals surface area contributed by atoms with Crippen LogP contribution >= 0.6 is 0 Å². The zero-order valence-corrected chi connectivity index (χ0v) is 23.3. The molecule has 12 heteroatoms. The zero-order valence-electron chi connectivity index (χ0n) is 23.3. The van der Waals surface area contributed by atoms with Crippen molar-refractivity contribution >= 4 is 34.6 Å². The van der Waals surface area contributed by atoms with E-state index < -0.39 is 17.9 Å². The van der Waals surface area contributed by atoms with Crippen molar-refractivity contribution in [2.75, 3.05) is 44.3 Å². The second-order valence-electron chi connectivity index (χ2n) is 11.0. The Hall–Kier alpha value is -4.29. The van der Waals surface area contributed by atoms with Crippen molar-refractivity contribution in [2.45, 2.75) is 44.5 Å². The fraction of sp³-hybridized carbons (Fsp3) is 0.433. The number of primary amides is 1. The largest absolute Gasteiger partial charge is 0.489 e. The highest BCUT2D eigenvalue weighted by molar-refractivity contribution is 6.01. The normalized spacial score (nSPS) is 19.7. The molecule has 3 aromatic rings. The van der Waals surface area contributed by atoms with Crippen LogP contribution in [0.15, 0.2) is 42.6 Å². The molecular weight excluding hydrogens is 540 g/mol. The minimum absolute atomic E-state index is 0.00469. The molecule has 4 heterocycles. The summed E-state index contributed by atoms with van der Waals surface area (Å²) in [6, 6.07) is 10.7.